The van der Waals surface area contributed by atoms with Crippen LogP contribution in [0, 0.1) is 5.92 Å². The van der Waals surface area contributed by atoms with Crippen molar-refractivity contribution in [3.63, 3.8) is 0 Å². The lowest BCUT2D eigenvalue weighted by Gasteiger charge is -2.36. The van der Waals surface area contributed by atoms with Gasteiger partial charge in [0.2, 0.25) is 11.8 Å². The highest BCUT2D eigenvalue weighted by Gasteiger charge is 2.23. The Bertz CT molecular complexity index is 719. The van der Waals surface area contributed by atoms with Crippen LogP contribution in [-0.2, 0) is 14.3 Å². The van der Waals surface area contributed by atoms with Crippen LogP contribution >= 0.6 is 11.6 Å². The van der Waals surface area contributed by atoms with Crippen molar-refractivity contribution in [2.24, 2.45) is 5.92 Å². The zero-order valence-electron chi connectivity index (χ0n) is 18.5. The van der Waals surface area contributed by atoms with Gasteiger partial charge in [-0.1, -0.05) is 24.6 Å². The number of morpholine rings is 1. The van der Waals surface area contributed by atoms with Crippen molar-refractivity contribution in [1.29, 1.82) is 0 Å². The first-order valence-corrected chi connectivity index (χ1v) is 11.7. The van der Waals surface area contributed by atoms with Gasteiger partial charge in [-0.15, -0.1) is 0 Å². The van der Waals surface area contributed by atoms with Crippen molar-refractivity contribution in [3.8, 4) is 0 Å². The number of hydrogen-bond donors (Lipinski definition) is 1. The van der Waals surface area contributed by atoms with Gasteiger partial charge in [0.1, 0.15) is 0 Å². The number of benzene rings is 1. The molecule has 2 heterocycles. The van der Waals surface area contributed by atoms with Gasteiger partial charge < -0.3 is 19.9 Å². The number of nitrogens with zero attached hydrogens (tertiary/aromatic N) is 3. The lowest BCUT2D eigenvalue weighted by molar-refractivity contribution is -0.132. The Labute approximate surface area is 190 Å². The molecule has 8 heteroatoms. The number of anilines is 1. The van der Waals surface area contributed by atoms with Crippen LogP contribution in [0.3, 0.4) is 0 Å². The van der Waals surface area contributed by atoms with Gasteiger partial charge in [-0.3, -0.25) is 14.5 Å². The summed E-state index contributed by atoms with van der Waals surface area (Å²) in [5, 5.41) is 3.72. The Kier molecular flexibility index (Phi) is 9.43. The van der Waals surface area contributed by atoms with Crippen LogP contribution in [0.1, 0.15) is 26.2 Å². The highest BCUT2D eigenvalue weighted by molar-refractivity contribution is 6.30. The van der Waals surface area contributed by atoms with E-state index in [0.29, 0.717) is 32.5 Å². The Morgan fingerprint density at radius 1 is 1.10 bits per heavy atom. The van der Waals surface area contributed by atoms with Gasteiger partial charge in [0.25, 0.3) is 0 Å². The zero-order chi connectivity index (χ0) is 22.1. The van der Waals surface area contributed by atoms with Crippen molar-refractivity contribution < 1.29 is 14.3 Å². The van der Waals surface area contributed by atoms with Crippen LogP contribution in [-0.4, -0.2) is 87.2 Å². The van der Waals surface area contributed by atoms with Gasteiger partial charge >= 0.3 is 0 Å². The number of amides is 2. The third kappa shape index (κ3) is 7.98. The van der Waals surface area contributed by atoms with Gasteiger partial charge in [-0.05, 0) is 37.1 Å². The number of hydrogen-bond acceptors (Lipinski definition) is 5. The first kappa shape index (κ1) is 23.8. The largest absolute Gasteiger partial charge is 0.379 e. The van der Waals surface area contributed by atoms with E-state index in [9.17, 15) is 9.59 Å². The lowest BCUT2D eigenvalue weighted by atomic mass is 10.0. The van der Waals surface area contributed by atoms with E-state index in [4.69, 9.17) is 16.3 Å². The van der Waals surface area contributed by atoms with E-state index in [-0.39, 0.29) is 17.7 Å². The molecule has 0 spiro atoms. The van der Waals surface area contributed by atoms with Crippen LogP contribution in [0.25, 0.3) is 0 Å². The molecule has 1 N–H and O–H groups in total. The van der Waals surface area contributed by atoms with Crippen molar-refractivity contribution in [2.75, 3.05) is 70.5 Å². The van der Waals surface area contributed by atoms with E-state index in [1.807, 2.05) is 36.1 Å². The van der Waals surface area contributed by atoms with Crippen LogP contribution in [0.2, 0.25) is 5.02 Å². The highest BCUT2D eigenvalue weighted by atomic mass is 35.5. The molecule has 1 atom stereocenters. The molecule has 3 rings (SSSR count). The second kappa shape index (κ2) is 12.3. The fraction of sp³-hybridized carbons (Fsp3) is 0.652. The smallest absolute Gasteiger partial charge is 0.222 e. The van der Waals surface area contributed by atoms with Crippen LogP contribution in [0.5, 0.6) is 0 Å². The fourth-order valence-electron chi connectivity index (χ4n) is 4.13. The van der Waals surface area contributed by atoms with E-state index in [0.717, 1.165) is 63.1 Å². The molecule has 0 unspecified atom stereocenters. The number of ether oxygens (including phenoxy) is 1. The summed E-state index contributed by atoms with van der Waals surface area (Å²) < 4.78 is 5.34. The molecular formula is C23H35ClN4O3. The molecule has 2 aliphatic rings. The van der Waals surface area contributed by atoms with E-state index < -0.39 is 0 Å². The normalized spacial score (nSPS) is 18.6. The molecule has 0 bridgehead atoms. The lowest BCUT2D eigenvalue weighted by Crippen LogP contribution is -2.49. The van der Waals surface area contributed by atoms with E-state index in [1.54, 1.807) is 0 Å². The van der Waals surface area contributed by atoms with Crippen LogP contribution in [0.4, 0.5) is 5.69 Å². The third-order valence-electron chi connectivity index (χ3n) is 5.94. The van der Waals surface area contributed by atoms with Gasteiger partial charge in [-0.2, -0.15) is 0 Å². The van der Waals surface area contributed by atoms with Gasteiger partial charge in [-0.25, -0.2) is 0 Å². The molecule has 1 aromatic carbocycles. The Morgan fingerprint density at radius 2 is 1.84 bits per heavy atom. The molecule has 2 saturated heterocycles. The molecule has 172 valence electrons. The number of halogens is 1. The molecule has 0 radical (unpaired) electrons. The summed E-state index contributed by atoms with van der Waals surface area (Å²) in [5.41, 5.74) is 1.10. The average Bonchev–Trinajstić information content (AvgIpc) is 2.77. The first-order chi connectivity index (χ1) is 15.0. The molecule has 0 saturated carbocycles. The maximum absolute atomic E-state index is 12.7. The fourth-order valence-corrected chi connectivity index (χ4v) is 4.31. The Balaban J connectivity index is 1.29. The van der Waals surface area contributed by atoms with E-state index in [1.165, 1.54) is 0 Å². The molecule has 1 aromatic rings. The monoisotopic (exact) mass is 450 g/mol. The minimum atomic E-state index is 0.0352. The second-order valence-corrected chi connectivity index (χ2v) is 8.96. The SMILES string of the molecule is C[C@H](CC(=O)NCCCN1CCOCC1)CC(=O)N1CCN(c2cccc(Cl)c2)CC1. The Hall–Kier alpha value is -1.83. The van der Waals surface area contributed by atoms with Crippen LogP contribution < -0.4 is 10.2 Å². The standard InChI is InChI=1S/C23H35ClN4O3/c1-19(16-22(29)25-6-3-7-26-12-14-31-15-13-26)17-23(30)28-10-8-27(9-11-28)21-5-2-4-20(24)18-21/h2,4-5,18-19H,3,6-17H2,1H3,(H,25,29)/t19-/m1/s1. The summed E-state index contributed by atoms with van der Waals surface area (Å²) in [6.07, 6.45) is 1.75. The summed E-state index contributed by atoms with van der Waals surface area (Å²) in [4.78, 5) is 31.4. The topological polar surface area (TPSA) is 65.1 Å². The Morgan fingerprint density at radius 3 is 2.55 bits per heavy atom. The molecule has 7 nitrogen and oxygen atoms in total. The summed E-state index contributed by atoms with van der Waals surface area (Å²) in [6.45, 7) is 10.2. The number of carbonyl (C=O) groups excluding carboxylic acids is 2. The molecular weight excluding hydrogens is 416 g/mol. The third-order valence-corrected chi connectivity index (χ3v) is 6.17. The molecule has 2 fully saturated rings. The average molecular weight is 451 g/mol. The van der Waals surface area contributed by atoms with E-state index >= 15 is 0 Å². The summed E-state index contributed by atoms with van der Waals surface area (Å²) in [7, 11) is 0. The van der Waals surface area contributed by atoms with Crippen molar-refractivity contribution >= 4 is 29.1 Å². The van der Waals surface area contributed by atoms with Crippen molar-refractivity contribution in [3.05, 3.63) is 29.3 Å². The number of nitrogens with one attached hydrogen (secondary N) is 1. The highest BCUT2D eigenvalue weighted by Crippen LogP contribution is 2.21. The maximum atomic E-state index is 12.7. The van der Waals surface area contributed by atoms with Gasteiger partial charge in [0.05, 0.1) is 13.2 Å². The maximum Gasteiger partial charge on any atom is 0.222 e. The number of carbonyl (C=O) groups is 2. The second-order valence-electron chi connectivity index (χ2n) is 8.52. The summed E-state index contributed by atoms with van der Waals surface area (Å²) in [6, 6.07) is 7.82. The van der Waals surface area contributed by atoms with Gasteiger partial charge in [0, 0.05) is 69.4 Å². The van der Waals surface area contributed by atoms with Crippen LogP contribution in [0.15, 0.2) is 24.3 Å². The molecule has 2 amide bonds. The molecule has 2 aliphatic heterocycles. The molecule has 31 heavy (non-hydrogen) atoms. The minimum Gasteiger partial charge on any atom is -0.379 e. The van der Waals surface area contributed by atoms with Crippen molar-refractivity contribution in [2.45, 2.75) is 26.2 Å². The summed E-state index contributed by atoms with van der Waals surface area (Å²) in [5.74, 6) is 0.212. The van der Waals surface area contributed by atoms with Crippen molar-refractivity contribution in [1.82, 2.24) is 15.1 Å². The first-order valence-electron chi connectivity index (χ1n) is 11.4. The zero-order valence-corrected chi connectivity index (χ0v) is 19.3. The minimum absolute atomic E-state index is 0.0352. The number of rotatable bonds is 9. The summed E-state index contributed by atoms with van der Waals surface area (Å²) >= 11 is 6.09. The molecule has 0 aliphatic carbocycles. The number of piperazine rings is 1. The van der Waals surface area contributed by atoms with Gasteiger partial charge in [0.15, 0.2) is 0 Å². The quantitative estimate of drug-likeness (QED) is 0.584. The predicted octanol–water partition coefficient (Wildman–Crippen LogP) is 2.24. The van der Waals surface area contributed by atoms with E-state index in [2.05, 4.69) is 15.1 Å². The molecule has 0 aromatic heterocycles. The predicted molar refractivity (Wildman–Crippen MR) is 124 cm³/mol.